The molecule has 0 aromatic heterocycles. The van der Waals surface area contributed by atoms with Crippen LogP contribution in [0, 0.1) is 0 Å². The van der Waals surface area contributed by atoms with Crippen molar-refractivity contribution in [3.8, 4) is 0 Å². The molecule has 0 spiro atoms. The molecule has 5 heteroatoms. The Morgan fingerprint density at radius 3 is 2.58 bits per heavy atom. The van der Waals surface area contributed by atoms with Gasteiger partial charge in [0.05, 0.1) is 13.0 Å². The van der Waals surface area contributed by atoms with Gasteiger partial charge in [-0.25, -0.2) is 0 Å². The first-order valence-corrected chi connectivity index (χ1v) is 6.66. The van der Waals surface area contributed by atoms with Gasteiger partial charge in [0.2, 0.25) is 5.91 Å². The SMILES string of the molecule is CCOC(=O)CCCNC(=O)Cc1ccc(Cl)cc1. The van der Waals surface area contributed by atoms with E-state index in [-0.39, 0.29) is 11.9 Å². The summed E-state index contributed by atoms with van der Waals surface area (Å²) in [5, 5.41) is 3.42. The van der Waals surface area contributed by atoms with Crippen molar-refractivity contribution >= 4 is 23.5 Å². The van der Waals surface area contributed by atoms with Gasteiger partial charge in [0.15, 0.2) is 0 Å². The van der Waals surface area contributed by atoms with E-state index in [9.17, 15) is 9.59 Å². The van der Waals surface area contributed by atoms with Crippen LogP contribution >= 0.6 is 11.6 Å². The third-order valence-corrected chi connectivity index (χ3v) is 2.72. The molecule has 0 fully saturated rings. The van der Waals surface area contributed by atoms with Crippen molar-refractivity contribution < 1.29 is 14.3 Å². The highest BCUT2D eigenvalue weighted by Gasteiger charge is 2.04. The number of hydrogen-bond donors (Lipinski definition) is 1. The highest BCUT2D eigenvalue weighted by Crippen LogP contribution is 2.09. The van der Waals surface area contributed by atoms with E-state index in [4.69, 9.17) is 16.3 Å². The van der Waals surface area contributed by atoms with Crippen LogP contribution in [-0.4, -0.2) is 25.0 Å². The molecule has 104 valence electrons. The Balaban J connectivity index is 2.18. The first kappa shape index (κ1) is 15.5. The molecule has 0 saturated carbocycles. The maximum Gasteiger partial charge on any atom is 0.305 e. The number of carbonyl (C=O) groups excluding carboxylic acids is 2. The summed E-state index contributed by atoms with van der Waals surface area (Å²) in [6.07, 6.45) is 1.23. The van der Waals surface area contributed by atoms with Gasteiger partial charge in [-0.3, -0.25) is 9.59 Å². The van der Waals surface area contributed by atoms with Crippen molar-refractivity contribution in [3.63, 3.8) is 0 Å². The van der Waals surface area contributed by atoms with Crippen LogP contribution in [0.1, 0.15) is 25.3 Å². The topological polar surface area (TPSA) is 55.4 Å². The summed E-state index contributed by atoms with van der Waals surface area (Å²) in [6, 6.07) is 7.15. The molecule has 19 heavy (non-hydrogen) atoms. The lowest BCUT2D eigenvalue weighted by molar-refractivity contribution is -0.143. The minimum atomic E-state index is -0.227. The highest BCUT2D eigenvalue weighted by molar-refractivity contribution is 6.30. The molecular weight excluding hydrogens is 266 g/mol. The monoisotopic (exact) mass is 283 g/mol. The number of halogens is 1. The third-order valence-electron chi connectivity index (χ3n) is 2.46. The zero-order valence-electron chi connectivity index (χ0n) is 10.9. The van der Waals surface area contributed by atoms with Crippen molar-refractivity contribution in [2.45, 2.75) is 26.2 Å². The zero-order chi connectivity index (χ0) is 14.1. The molecule has 0 heterocycles. The van der Waals surface area contributed by atoms with Crippen molar-refractivity contribution in [1.82, 2.24) is 5.32 Å². The van der Waals surface area contributed by atoms with Gasteiger partial charge in [-0.1, -0.05) is 23.7 Å². The molecule has 0 aliphatic rings. The summed E-state index contributed by atoms with van der Waals surface area (Å²) in [5.41, 5.74) is 0.910. The van der Waals surface area contributed by atoms with Crippen LogP contribution in [0.5, 0.6) is 0 Å². The fraction of sp³-hybridized carbons (Fsp3) is 0.429. The first-order chi connectivity index (χ1) is 9.11. The number of esters is 1. The molecule has 1 rings (SSSR count). The Morgan fingerprint density at radius 2 is 1.95 bits per heavy atom. The van der Waals surface area contributed by atoms with E-state index in [2.05, 4.69) is 5.32 Å². The first-order valence-electron chi connectivity index (χ1n) is 6.28. The Morgan fingerprint density at radius 1 is 1.26 bits per heavy atom. The number of amides is 1. The van der Waals surface area contributed by atoms with Gasteiger partial charge >= 0.3 is 5.97 Å². The van der Waals surface area contributed by atoms with Gasteiger partial charge in [-0.2, -0.15) is 0 Å². The molecule has 0 saturated heterocycles. The van der Waals surface area contributed by atoms with E-state index < -0.39 is 0 Å². The van der Waals surface area contributed by atoms with Crippen LogP contribution in [0.4, 0.5) is 0 Å². The summed E-state index contributed by atoms with van der Waals surface area (Å²) in [7, 11) is 0. The summed E-state index contributed by atoms with van der Waals surface area (Å²) < 4.78 is 4.79. The largest absolute Gasteiger partial charge is 0.466 e. The van der Waals surface area contributed by atoms with Gasteiger partial charge in [-0.15, -0.1) is 0 Å². The number of hydrogen-bond acceptors (Lipinski definition) is 3. The molecule has 0 atom stereocenters. The van der Waals surface area contributed by atoms with E-state index in [1.54, 1.807) is 19.1 Å². The molecule has 1 aromatic rings. The Kier molecular flexibility index (Phi) is 6.97. The predicted molar refractivity (Wildman–Crippen MR) is 74.0 cm³/mol. The summed E-state index contributed by atoms with van der Waals surface area (Å²) in [4.78, 5) is 22.7. The maximum atomic E-state index is 11.6. The number of rotatable bonds is 7. The Bertz CT molecular complexity index is 417. The lowest BCUT2D eigenvalue weighted by Gasteiger charge is -2.05. The lowest BCUT2D eigenvalue weighted by atomic mass is 10.1. The zero-order valence-corrected chi connectivity index (χ0v) is 11.7. The highest BCUT2D eigenvalue weighted by atomic mass is 35.5. The molecule has 1 aromatic carbocycles. The minimum absolute atomic E-state index is 0.0637. The number of carbonyl (C=O) groups is 2. The van der Waals surface area contributed by atoms with E-state index in [0.29, 0.717) is 37.4 Å². The third kappa shape index (κ3) is 6.82. The van der Waals surface area contributed by atoms with Crippen LogP contribution in [0.3, 0.4) is 0 Å². The normalized spacial score (nSPS) is 10.0. The van der Waals surface area contributed by atoms with Crippen LogP contribution in [0.2, 0.25) is 5.02 Å². The standard InChI is InChI=1S/C14H18ClNO3/c1-2-19-14(18)4-3-9-16-13(17)10-11-5-7-12(15)8-6-11/h5-8H,2-4,9-10H2,1H3,(H,16,17). The molecule has 0 aliphatic carbocycles. The van der Waals surface area contributed by atoms with Gasteiger partial charge < -0.3 is 10.1 Å². The lowest BCUT2D eigenvalue weighted by Crippen LogP contribution is -2.26. The Hall–Kier alpha value is -1.55. The van der Waals surface area contributed by atoms with Gasteiger partial charge in [0.1, 0.15) is 0 Å². The predicted octanol–water partition coefficient (Wildman–Crippen LogP) is 2.34. The van der Waals surface area contributed by atoms with E-state index in [1.807, 2.05) is 12.1 Å². The quantitative estimate of drug-likeness (QED) is 0.617. The second kappa shape index (κ2) is 8.53. The van der Waals surface area contributed by atoms with Crippen molar-refractivity contribution in [1.29, 1.82) is 0 Å². The number of ether oxygens (including phenoxy) is 1. The molecule has 0 aliphatic heterocycles. The summed E-state index contributed by atoms with van der Waals surface area (Å²) in [5.74, 6) is -0.291. The molecule has 0 bridgehead atoms. The smallest absolute Gasteiger partial charge is 0.305 e. The van der Waals surface area contributed by atoms with Gasteiger partial charge in [0.25, 0.3) is 0 Å². The van der Waals surface area contributed by atoms with Gasteiger partial charge in [0, 0.05) is 18.0 Å². The molecule has 4 nitrogen and oxygen atoms in total. The average molecular weight is 284 g/mol. The van der Waals surface area contributed by atoms with E-state index >= 15 is 0 Å². The fourth-order valence-electron chi connectivity index (χ4n) is 1.54. The van der Waals surface area contributed by atoms with Crippen LogP contribution in [-0.2, 0) is 20.7 Å². The summed E-state index contributed by atoms with van der Waals surface area (Å²) >= 11 is 5.76. The van der Waals surface area contributed by atoms with Crippen molar-refractivity contribution in [3.05, 3.63) is 34.9 Å². The average Bonchev–Trinajstić information content (AvgIpc) is 2.38. The number of nitrogens with one attached hydrogen (secondary N) is 1. The van der Waals surface area contributed by atoms with Crippen molar-refractivity contribution in [2.24, 2.45) is 0 Å². The van der Waals surface area contributed by atoms with Gasteiger partial charge in [-0.05, 0) is 31.0 Å². The maximum absolute atomic E-state index is 11.6. The molecule has 0 unspecified atom stereocenters. The molecule has 1 amide bonds. The summed E-state index contributed by atoms with van der Waals surface area (Å²) in [6.45, 7) is 2.64. The van der Waals surface area contributed by atoms with E-state index in [1.165, 1.54) is 0 Å². The fourth-order valence-corrected chi connectivity index (χ4v) is 1.67. The molecule has 0 radical (unpaired) electrons. The van der Waals surface area contributed by atoms with E-state index in [0.717, 1.165) is 5.56 Å². The minimum Gasteiger partial charge on any atom is -0.466 e. The van der Waals surface area contributed by atoms with Crippen molar-refractivity contribution in [2.75, 3.05) is 13.2 Å². The second-order valence-corrected chi connectivity index (χ2v) is 4.50. The molecular formula is C14H18ClNO3. The van der Waals surface area contributed by atoms with Crippen LogP contribution < -0.4 is 5.32 Å². The van der Waals surface area contributed by atoms with Crippen LogP contribution in [0.15, 0.2) is 24.3 Å². The van der Waals surface area contributed by atoms with Crippen LogP contribution in [0.25, 0.3) is 0 Å². The molecule has 1 N–H and O–H groups in total. The number of benzene rings is 1. The second-order valence-electron chi connectivity index (χ2n) is 4.06. The Labute approximate surface area is 118 Å².